The molecule has 3 N–H and O–H groups in total. The van der Waals surface area contributed by atoms with Crippen LogP contribution in [0.3, 0.4) is 0 Å². The molecule has 6 heteroatoms. The average Bonchev–Trinajstić information content (AvgIpc) is 2.44. The molecule has 2 rings (SSSR count). The first kappa shape index (κ1) is 18.0. The Kier molecular flexibility index (Phi) is 5.59. The third-order valence-electron chi connectivity index (χ3n) is 4.45. The summed E-state index contributed by atoms with van der Waals surface area (Å²) in [5, 5.41) is 14.7. The fourth-order valence-electron chi connectivity index (χ4n) is 3.07. The van der Waals surface area contributed by atoms with Crippen LogP contribution in [0.4, 0.5) is 0 Å². The summed E-state index contributed by atoms with van der Waals surface area (Å²) in [5.74, 6) is -1.36. The highest BCUT2D eigenvalue weighted by Gasteiger charge is 2.40. The zero-order valence-corrected chi connectivity index (χ0v) is 14.1. The van der Waals surface area contributed by atoms with E-state index in [1.54, 1.807) is 0 Å². The second-order valence-electron chi connectivity index (χ2n) is 6.62. The lowest BCUT2D eigenvalue weighted by molar-refractivity contribution is -0.140. The van der Waals surface area contributed by atoms with Gasteiger partial charge in [0.2, 0.25) is 11.8 Å². The third kappa shape index (κ3) is 4.81. The van der Waals surface area contributed by atoms with E-state index in [4.69, 9.17) is 5.11 Å². The zero-order chi connectivity index (χ0) is 17.7. The van der Waals surface area contributed by atoms with Crippen LogP contribution in [0.25, 0.3) is 0 Å². The van der Waals surface area contributed by atoms with Crippen LogP contribution in [0.15, 0.2) is 24.3 Å². The van der Waals surface area contributed by atoms with Crippen molar-refractivity contribution >= 4 is 17.8 Å². The van der Waals surface area contributed by atoms with E-state index < -0.39 is 17.6 Å². The molecule has 0 aromatic heterocycles. The van der Waals surface area contributed by atoms with Crippen molar-refractivity contribution in [2.24, 2.45) is 0 Å². The molecule has 130 valence electrons. The van der Waals surface area contributed by atoms with Crippen LogP contribution in [0.1, 0.15) is 56.2 Å². The summed E-state index contributed by atoms with van der Waals surface area (Å²) in [6.07, 6.45) is 2.31. The van der Waals surface area contributed by atoms with Crippen LogP contribution in [0.2, 0.25) is 0 Å². The Morgan fingerprint density at radius 2 is 1.83 bits per heavy atom. The lowest BCUT2D eigenvalue weighted by atomic mass is 9.74. The lowest BCUT2D eigenvalue weighted by Crippen LogP contribution is -2.55. The Labute approximate surface area is 141 Å². The fraction of sp³-hybridized carbons (Fsp3) is 0.500. The van der Waals surface area contributed by atoms with Gasteiger partial charge in [-0.25, -0.2) is 0 Å². The molecule has 1 unspecified atom stereocenters. The van der Waals surface area contributed by atoms with Gasteiger partial charge in [0, 0.05) is 6.92 Å². The average molecular weight is 332 g/mol. The van der Waals surface area contributed by atoms with Crippen LogP contribution >= 0.6 is 0 Å². The molecule has 24 heavy (non-hydrogen) atoms. The molecule has 0 aliphatic heterocycles. The van der Waals surface area contributed by atoms with Crippen molar-refractivity contribution in [1.82, 2.24) is 10.6 Å². The smallest absolute Gasteiger partial charge is 0.305 e. The minimum absolute atomic E-state index is 0.0614. The number of nitrogens with one attached hydrogen (secondary N) is 2. The number of carbonyl (C=O) groups is 3. The van der Waals surface area contributed by atoms with Crippen LogP contribution in [0, 0.1) is 6.92 Å². The second-order valence-corrected chi connectivity index (χ2v) is 6.62. The molecule has 1 aromatic rings. The summed E-state index contributed by atoms with van der Waals surface area (Å²) in [7, 11) is 0. The summed E-state index contributed by atoms with van der Waals surface area (Å²) in [6, 6.07) is 7.21. The SMILES string of the molecule is CC(=O)NC(CC(=O)NC1(CC(=O)O)CCC1)c1ccc(C)cc1. The Bertz CT molecular complexity index is 620. The predicted octanol–water partition coefficient (Wildman–Crippen LogP) is 2.08. The van der Waals surface area contributed by atoms with Crippen LogP contribution in [-0.4, -0.2) is 28.4 Å². The van der Waals surface area contributed by atoms with Gasteiger partial charge in [0.15, 0.2) is 0 Å². The summed E-state index contributed by atoms with van der Waals surface area (Å²) in [5.41, 5.74) is 1.32. The topological polar surface area (TPSA) is 95.5 Å². The molecule has 1 aliphatic carbocycles. The Morgan fingerprint density at radius 1 is 1.21 bits per heavy atom. The van der Waals surface area contributed by atoms with E-state index in [2.05, 4.69) is 10.6 Å². The summed E-state index contributed by atoms with van der Waals surface area (Å²) in [4.78, 5) is 34.9. The van der Waals surface area contributed by atoms with E-state index in [1.165, 1.54) is 6.92 Å². The standard InChI is InChI=1S/C18H24N2O4/c1-12-4-6-14(7-5-12)15(19-13(2)21)10-16(22)20-18(8-3-9-18)11-17(23)24/h4-7,15H,3,8-11H2,1-2H3,(H,19,21)(H,20,22)(H,23,24). The maximum absolute atomic E-state index is 12.4. The van der Waals surface area contributed by atoms with Crippen molar-refractivity contribution in [3.8, 4) is 0 Å². The molecule has 0 radical (unpaired) electrons. The largest absolute Gasteiger partial charge is 0.481 e. The van der Waals surface area contributed by atoms with Crippen LogP contribution < -0.4 is 10.6 Å². The minimum Gasteiger partial charge on any atom is -0.481 e. The van der Waals surface area contributed by atoms with Gasteiger partial charge in [-0.1, -0.05) is 29.8 Å². The number of rotatable bonds is 7. The number of hydrogen-bond donors (Lipinski definition) is 3. The van der Waals surface area contributed by atoms with E-state index in [0.717, 1.165) is 17.5 Å². The molecule has 1 aliphatic rings. The van der Waals surface area contributed by atoms with Gasteiger partial charge in [-0.3, -0.25) is 14.4 Å². The number of aliphatic carboxylic acids is 1. The molecule has 6 nitrogen and oxygen atoms in total. The van der Waals surface area contributed by atoms with Gasteiger partial charge in [-0.15, -0.1) is 0 Å². The molecule has 0 saturated heterocycles. The summed E-state index contributed by atoms with van der Waals surface area (Å²) < 4.78 is 0. The van der Waals surface area contributed by atoms with E-state index in [9.17, 15) is 14.4 Å². The highest BCUT2D eigenvalue weighted by Crippen LogP contribution is 2.35. The maximum Gasteiger partial charge on any atom is 0.305 e. The number of benzene rings is 1. The number of aryl methyl sites for hydroxylation is 1. The Balaban J connectivity index is 2.05. The minimum atomic E-state index is -0.910. The number of amides is 2. The normalized spacial score (nSPS) is 16.6. The Hall–Kier alpha value is -2.37. The molecule has 0 spiro atoms. The van der Waals surface area contributed by atoms with Crippen molar-refractivity contribution in [1.29, 1.82) is 0 Å². The van der Waals surface area contributed by atoms with Gasteiger partial charge in [0.1, 0.15) is 0 Å². The van der Waals surface area contributed by atoms with E-state index in [-0.39, 0.29) is 24.7 Å². The molecular formula is C18H24N2O4. The van der Waals surface area contributed by atoms with E-state index in [1.807, 2.05) is 31.2 Å². The van der Waals surface area contributed by atoms with Crippen molar-refractivity contribution in [3.05, 3.63) is 35.4 Å². The van der Waals surface area contributed by atoms with Crippen molar-refractivity contribution in [2.75, 3.05) is 0 Å². The number of hydrogen-bond acceptors (Lipinski definition) is 3. The molecule has 1 saturated carbocycles. The zero-order valence-electron chi connectivity index (χ0n) is 14.1. The first-order valence-corrected chi connectivity index (χ1v) is 8.16. The maximum atomic E-state index is 12.4. The summed E-state index contributed by atoms with van der Waals surface area (Å²) in [6.45, 7) is 3.38. The van der Waals surface area contributed by atoms with Crippen LogP contribution in [-0.2, 0) is 14.4 Å². The van der Waals surface area contributed by atoms with Crippen LogP contribution in [0.5, 0.6) is 0 Å². The number of carbonyl (C=O) groups excluding carboxylic acids is 2. The number of carboxylic acids is 1. The number of carboxylic acid groups (broad SMARTS) is 1. The van der Waals surface area contributed by atoms with Gasteiger partial charge in [0.25, 0.3) is 0 Å². The molecular weight excluding hydrogens is 308 g/mol. The van der Waals surface area contributed by atoms with Gasteiger partial charge in [-0.2, -0.15) is 0 Å². The molecule has 0 heterocycles. The molecule has 1 atom stereocenters. The third-order valence-corrected chi connectivity index (χ3v) is 4.45. The van der Waals surface area contributed by atoms with Gasteiger partial charge in [-0.05, 0) is 31.7 Å². The van der Waals surface area contributed by atoms with Gasteiger partial charge < -0.3 is 15.7 Å². The quantitative estimate of drug-likeness (QED) is 0.712. The summed E-state index contributed by atoms with van der Waals surface area (Å²) >= 11 is 0. The van der Waals surface area contributed by atoms with Crippen molar-refractivity contribution in [3.63, 3.8) is 0 Å². The molecule has 1 fully saturated rings. The van der Waals surface area contributed by atoms with Gasteiger partial charge in [0.05, 0.1) is 24.4 Å². The first-order valence-electron chi connectivity index (χ1n) is 8.16. The van der Waals surface area contributed by atoms with Gasteiger partial charge >= 0.3 is 5.97 Å². The monoisotopic (exact) mass is 332 g/mol. The van der Waals surface area contributed by atoms with Crippen molar-refractivity contribution in [2.45, 2.75) is 57.5 Å². The van der Waals surface area contributed by atoms with E-state index >= 15 is 0 Å². The lowest BCUT2D eigenvalue weighted by Gasteiger charge is -2.41. The highest BCUT2D eigenvalue weighted by atomic mass is 16.4. The first-order chi connectivity index (χ1) is 11.3. The fourth-order valence-corrected chi connectivity index (χ4v) is 3.07. The molecule has 0 bridgehead atoms. The van der Waals surface area contributed by atoms with Crippen molar-refractivity contribution < 1.29 is 19.5 Å². The Morgan fingerprint density at radius 3 is 2.29 bits per heavy atom. The molecule has 1 aromatic carbocycles. The highest BCUT2D eigenvalue weighted by molar-refractivity contribution is 5.80. The van der Waals surface area contributed by atoms with E-state index in [0.29, 0.717) is 12.8 Å². The second kappa shape index (κ2) is 7.47. The molecule has 2 amide bonds. The predicted molar refractivity (Wildman–Crippen MR) is 89.3 cm³/mol.